The Labute approximate surface area is 117 Å². The number of rotatable bonds is 3. The third kappa shape index (κ3) is 2.42. The summed E-state index contributed by atoms with van der Waals surface area (Å²) < 4.78 is 6.50. The van der Waals surface area contributed by atoms with Crippen molar-refractivity contribution < 1.29 is 14.3 Å². The second kappa shape index (κ2) is 5.04. The van der Waals surface area contributed by atoms with E-state index in [-0.39, 0.29) is 18.1 Å². The highest BCUT2D eigenvalue weighted by Gasteiger charge is 2.28. The van der Waals surface area contributed by atoms with Gasteiger partial charge in [0.15, 0.2) is 4.96 Å². The lowest BCUT2D eigenvalue weighted by Gasteiger charge is -2.09. The fraction of sp³-hybridized carbons (Fsp3) is 0.333. The zero-order valence-electron chi connectivity index (χ0n) is 10.4. The molecule has 1 atom stereocenters. The van der Waals surface area contributed by atoms with Gasteiger partial charge in [0.25, 0.3) is 5.56 Å². The standard InChI is InChI=1S/C12H11N3O4S/c16-9-2-1-8(14-9)11(18)19-6-7-5-10(17)15-3-4-20-12(15)13-7/h3-5,8H,1-2,6H2,(H,14,16)/t8-/m1/s1. The van der Waals surface area contributed by atoms with E-state index in [9.17, 15) is 14.4 Å². The maximum Gasteiger partial charge on any atom is 0.329 e. The van der Waals surface area contributed by atoms with Gasteiger partial charge in [-0.2, -0.15) is 0 Å². The van der Waals surface area contributed by atoms with E-state index in [0.717, 1.165) is 0 Å². The summed E-state index contributed by atoms with van der Waals surface area (Å²) in [6, 6.07) is 0.745. The molecule has 1 aliphatic rings. The minimum atomic E-state index is -0.589. The van der Waals surface area contributed by atoms with Crippen LogP contribution in [-0.4, -0.2) is 27.3 Å². The van der Waals surface area contributed by atoms with Crippen molar-refractivity contribution >= 4 is 28.2 Å². The number of hydrogen-bond donors (Lipinski definition) is 1. The highest BCUT2D eigenvalue weighted by molar-refractivity contribution is 7.15. The van der Waals surface area contributed by atoms with Gasteiger partial charge in [-0.3, -0.25) is 14.0 Å². The van der Waals surface area contributed by atoms with Crippen LogP contribution in [0, 0.1) is 0 Å². The van der Waals surface area contributed by atoms with Crippen LogP contribution in [-0.2, 0) is 20.9 Å². The summed E-state index contributed by atoms with van der Waals surface area (Å²) in [5.41, 5.74) is 0.187. The molecular formula is C12H11N3O4S. The molecule has 7 nitrogen and oxygen atoms in total. The van der Waals surface area contributed by atoms with Crippen LogP contribution in [0.15, 0.2) is 22.4 Å². The second-order valence-electron chi connectivity index (χ2n) is 4.41. The van der Waals surface area contributed by atoms with Crippen molar-refractivity contribution in [2.75, 3.05) is 0 Å². The number of carbonyl (C=O) groups excluding carboxylic acids is 2. The van der Waals surface area contributed by atoms with E-state index < -0.39 is 12.0 Å². The van der Waals surface area contributed by atoms with Gasteiger partial charge >= 0.3 is 5.97 Å². The summed E-state index contributed by atoms with van der Waals surface area (Å²) in [5.74, 6) is -0.646. The molecule has 0 saturated carbocycles. The first-order valence-corrected chi connectivity index (χ1v) is 6.93. The number of ether oxygens (including phenoxy) is 1. The quantitative estimate of drug-likeness (QED) is 0.809. The molecule has 1 aliphatic heterocycles. The van der Waals surface area contributed by atoms with E-state index in [4.69, 9.17) is 4.74 Å². The number of nitrogens with one attached hydrogen (secondary N) is 1. The third-order valence-corrected chi connectivity index (χ3v) is 3.75. The Morgan fingerprint density at radius 1 is 1.55 bits per heavy atom. The molecule has 0 aliphatic carbocycles. The predicted octanol–water partition coefficient (Wildman–Crippen LogP) is 0.0778. The molecule has 1 saturated heterocycles. The lowest BCUT2D eigenvalue weighted by molar-refractivity contribution is -0.147. The van der Waals surface area contributed by atoms with Crippen molar-refractivity contribution in [1.29, 1.82) is 0 Å². The zero-order chi connectivity index (χ0) is 14.1. The molecule has 1 N–H and O–H groups in total. The maximum atomic E-state index is 11.7. The van der Waals surface area contributed by atoms with Crippen LogP contribution in [0.2, 0.25) is 0 Å². The summed E-state index contributed by atoms with van der Waals surface area (Å²) in [6.45, 7) is -0.0746. The molecule has 0 aromatic carbocycles. The molecular weight excluding hydrogens is 282 g/mol. The van der Waals surface area contributed by atoms with E-state index in [2.05, 4.69) is 10.3 Å². The third-order valence-electron chi connectivity index (χ3n) is 3.00. The lowest BCUT2D eigenvalue weighted by atomic mass is 10.2. The van der Waals surface area contributed by atoms with Crippen molar-refractivity contribution in [1.82, 2.24) is 14.7 Å². The van der Waals surface area contributed by atoms with Crippen molar-refractivity contribution in [3.05, 3.63) is 33.7 Å². The number of amides is 1. The summed E-state index contributed by atoms with van der Waals surface area (Å²) in [7, 11) is 0. The molecule has 2 aromatic rings. The molecule has 0 unspecified atom stereocenters. The van der Waals surface area contributed by atoms with Crippen LogP contribution in [0.4, 0.5) is 0 Å². The smallest absolute Gasteiger partial charge is 0.329 e. The number of nitrogens with zero attached hydrogens (tertiary/aromatic N) is 2. The zero-order valence-corrected chi connectivity index (χ0v) is 11.2. The molecule has 3 heterocycles. The molecule has 3 rings (SSSR count). The van der Waals surface area contributed by atoms with Gasteiger partial charge in [0, 0.05) is 24.1 Å². The molecule has 0 radical (unpaired) electrons. The fourth-order valence-corrected chi connectivity index (χ4v) is 2.74. The highest BCUT2D eigenvalue weighted by atomic mass is 32.1. The van der Waals surface area contributed by atoms with E-state index in [0.29, 0.717) is 23.5 Å². The molecule has 0 spiro atoms. The van der Waals surface area contributed by atoms with Crippen molar-refractivity contribution in [3.63, 3.8) is 0 Å². The molecule has 1 amide bonds. The van der Waals surface area contributed by atoms with Crippen LogP contribution >= 0.6 is 11.3 Å². The molecule has 1 fully saturated rings. The topological polar surface area (TPSA) is 89.8 Å². The first kappa shape index (κ1) is 12.8. The first-order chi connectivity index (χ1) is 9.63. The van der Waals surface area contributed by atoms with Crippen molar-refractivity contribution in [3.8, 4) is 0 Å². The summed E-state index contributed by atoms with van der Waals surface area (Å²) in [5, 5.41) is 4.29. The number of aromatic nitrogens is 2. The van der Waals surface area contributed by atoms with Crippen LogP contribution in [0.3, 0.4) is 0 Å². The summed E-state index contributed by atoms with van der Waals surface area (Å²) in [4.78, 5) is 39.3. The summed E-state index contributed by atoms with van der Waals surface area (Å²) in [6.07, 6.45) is 2.41. The average molecular weight is 293 g/mol. The van der Waals surface area contributed by atoms with Crippen molar-refractivity contribution in [2.45, 2.75) is 25.5 Å². The Morgan fingerprint density at radius 3 is 3.15 bits per heavy atom. The van der Waals surface area contributed by atoms with Crippen molar-refractivity contribution in [2.24, 2.45) is 0 Å². The predicted molar refractivity (Wildman–Crippen MR) is 70.3 cm³/mol. The number of thiazole rings is 1. The van der Waals surface area contributed by atoms with Crippen LogP contribution < -0.4 is 10.9 Å². The number of carbonyl (C=O) groups is 2. The van der Waals surface area contributed by atoms with Gasteiger partial charge in [0.05, 0.1) is 5.69 Å². The van der Waals surface area contributed by atoms with Gasteiger partial charge in [0.2, 0.25) is 5.91 Å². The summed E-state index contributed by atoms with van der Waals surface area (Å²) >= 11 is 1.33. The van der Waals surface area contributed by atoms with Crippen LogP contribution in [0.1, 0.15) is 18.5 Å². The Balaban J connectivity index is 1.69. The molecule has 8 heteroatoms. The van der Waals surface area contributed by atoms with E-state index in [1.165, 1.54) is 21.8 Å². The fourth-order valence-electron chi connectivity index (χ4n) is 2.00. The molecule has 2 aromatic heterocycles. The Morgan fingerprint density at radius 2 is 2.40 bits per heavy atom. The van der Waals surface area contributed by atoms with Gasteiger partial charge in [-0.05, 0) is 6.42 Å². The lowest BCUT2D eigenvalue weighted by Crippen LogP contribution is -2.34. The van der Waals surface area contributed by atoms with Gasteiger partial charge in [-0.15, -0.1) is 11.3 Å². The van der Waals surface area contributed by atoms with E-state index in [1.54, 1.807) is 11.6 Å². The SMILES string of the molecule is O=C1CC[C@H](C(=O)OCc2cc(=O)n3ccsc3n2)N1. The molecule has 104 valence electrons. The Bertz CT molecular complexity index is 736. The minimum absolute atomic E-state index is 0.0746. The second-order valence-corrected chi connectivity index (χ2v) is 5.28. The Kier molecular flexibility index (Phi) is 3.23. The Hall–Kier alpha value is -2.22. The number of hydrogen-bond acceptors (Lipinski definition) is 6. The maximum absolute atomic E-state index is 11.7. The number of fused-ring (bicyclic) bond motifs is 1. The van der Waals surface area contributed by atoms with Gasteiger partial charge in [-0.25, -0.2) is 9.78 Å². The molecule has 0 bridgehead atoms. The number of esters is 1. The van der Waals surface area contributed by atoms with Gasteiger partial charge < -0.3 is 10.1 Å². The highest BCUT2D eigenvalue weighted by Crippen LogP contribution is 2.10. The normalized spacial score (nSPS) is 18.2. The van der Waals surface area contributed by atoms with E-state index >= 15 is 0 Å². The van der Waals surface area contributed by atoms with Crippen LogP contribution in [0.5, 0.6) is 0 Å². The first-order valence-electron chi connectivity index (χ1n) is 6.05. The van der Waals surface area contributed by atoms with Gasteiger partial charge in [0.1, 0.15) is 12.6 Å². The average Bonchev–Trinajstić information content (AvgIpc) is 3.04. The van der Waals surface area contributed by atoms with Crippen LogP contribution in [0.25, 0.3) is 4.96 Å². The van der Waals surface area contributed by atoms with E-state index in [1.807, 2.05) is 0 Å². The molecule has 20 heavy (non-hydrogen) atoms. The largest absolute Gasteiger partial charge is 0.458 e. The monoisotopic (exact) mass is 293 g/mol. The van der Waals surface area contributed by atoms with Gasteiger partial charge in [-0.1, -0.05) is 0 Å². The minimum Gasteiger partial charge on any atom is -0.458 e.